The van der Waals surface area contributed by atoms with E-state index in [9.17, 15) is 0 Å². The summed E-state index contributed by atoms with van der Waals surface area (Å²) in [7, 11) is 0. The van der Waals surface area contributed by atoms with E-state index in [2.05, 4.69) is 4.90 Å². The topological polar surface area (TPSA) is 57.0 Å². The third kappa shape index (κ3) is 3.09. The average molecular weight is 292 g/mol. The van der Waals surface area contributed by atoms with Gasteiger partial charge in [-0.2, -0.15) is 0 Å². The predicted molar refractivity (Wildman–Crippen MR) is 82.7 cm³/mol. The molecule has 1 aromatic carbocycles. The van der Waals surface area contributed by atoms with E-state index in [1.807, 2.05) is 32.0 Å². The lowest BCUT2D eigenvalue weighted by atomic mass is 10.0. The van der Waals surface area contributed by atoms with Gasteiger partial charge >= 0.3 is 0 Å². The third-order valence-corrected chi connectivity index (χ3v) is 3.96. The number of hydrogen-bond donors (Lipinski definition) is 1. The Hall–Kier alpha value is -1.46. The first-order chi connectivity index (χ1) is 10.1. The molecule has 116 valence electrons. The Morgan fingerprint density at radius 2 is 2.05 bits per heavy atom. The molecule has 3 rings (SSSR count). The van der Waals surface area contributed by atoms with E-state index in [0.29, 0.717) is 18.9 Å². The van der Waals surface area contributed by atoms with Crippen LogP contribution in [0, 0.1) is 0 Å². The summed E-state index contributed by atoms with van der Waals surface area (Å²) in [5.74, 6) is 0.328. The SMILES string of the molecule is CC(C)Oc1cc(N2CCCC3(C2)OCCO3)ccc1N. The average Bonchev–Trinajstić information content (AvgIpc) is 2.89. The minimum atomic E-state index is -0.418. The molecule has 2 heterocycles. The largest absolute Gasteiger partial charge is 0.489 e. The molecular weight excluding hydrogens is 268 g/mol. The van der Waals surface area contributed by atoms with Crippen molar-refractivity contribution in [2.75, 3.05) is 36.9 Å². The number of nitrogens with zero attached hydrogens (tertiary/aromatic N) is 1. The predicted octanol–water partition coefficient (Wildman–Crippen LogP) is 2.40. The third-order valence-electron chi connectivity index (χ3n) is 3.96. The molecule has 0 bridgehead atoms. The van der Waals surface area contributed by atoms with Gasteiger partial charge in [-0.05, 0) is 32.4 Å². The highest BCUT2D eigenvalue weighted by atomic mass is 16.7. The van der Waals surface area contributed by atoms with Crippen LogP contribution in [0.5, 0.6) is 5.75 Å². The van der Waals surface area contributed by atoms with Gasteiger partial charge in [-0.3, -0.25) is 0 Å². The van der Waals surface area contributed by atoms with Crippen LogP contribution >= 0.6 is 0 Å². The van der Waals surface area contributed by atoms with E-state index in [4.69, 9.17) is 19.9 Å². The summed E-state index contributed by atoms with van der Waals surface area (Å²) in [4.78, 5) is 2.29. The van der Waals surface area contributed by atoms with Crippen molar-refractivity contribution in [1.29, 1.82) is 0 Å². The molecular formula is C16H24N2O3. The zero-order valence-electron chi connectivity index (χ0n) is 12.8. The normalized spacial score (nSPS) is 21.2. The van der Waals surface area contributed by atoms with Crippen molar-refractivity contribution in [2.45, 2.75) is 38.6 Å². The summed E-state index contributed by atoms with van der Waals surface area (Å²) >= 11 is 0. The molecule has 0 atom stereocenters. The molecule has 2 aliphatic rings. The van der Waals surface area contributed by atoms with E-state index < -0.39 is 5.79 Å². The van der Waals surface area contributed by atoms with Gasteiger partial charge in [-0.25, -0.2) is 0 Å². The second-order valence-corrected chi connectivity index (χ2v) is 6.02. The molecule has 0 amide bonds. The molecule has 21 heavy (non-hydrogen) atoms. The number of piperidine rings is 1. The van der Waals surface area contributed by atoms with Gasteiger partial charge in [0.25, 0.3) is 0 Å². The highest BCUT2D eigenvalue weighted by Gasteiger charge is 2.40. The van der Waals surface area contributed by atoms with Gasteiger partial charge in [0.05, 0.1) is 31.5 Å². The number of nitrogens with two attached hydrogens (primary N) is 1. The second-order valence-electron chi connectivity index (χ2n) is 6.02. The molecule has 2 saturated heterocycles. The zero-order valence-corrected chi connectivity index (χ0v) is 12.8. The molecule has 5 nitrogen and oxygen atoms in total. The highest BCUT2D eigenvalue weighted by Crippen LogP contribution is 2.35. The van der Waals surface area contributed by atoms with E-state index in [1.165, 1.54) is 0 Å². The molecule has 1 spiro atoms. The van der Waals surface area contributed by atoms with Crippen LogP contribution in [-0.2, 0) is 9.47 Å². The quantitative estimate of drug-likeness (QED) is 0.867. The zero-order chi connectivity index (χ0) is 14.9. The van der Waals surface area contributed by atoms with Crippen molar-refractivity contribution in [3.63, 3.8) is 0 Å². The maximum Gasteiger partial charge on any atom is 0.186 e. The fraction of sp³-hybridized carbons (Fsp3) is 0.625. The van der Waals surface area contributed by atoms with E-state index in [-0.39, 0.29) is 6.10 Å². The van der Waals surface area contributed by atoms with Crippen molar-refractivity contribution in [2.24, 2.45) is 0 Å². The summed E-state index contributed by atoms with van der Waals surface area (Å²) in [5.41, 5.74) is 7.77. The van der Waals surface area contributed by atoms with Crippen LogP contribution in [0.4, 0.5) is 11.4 Å². The molecule has 2 N–H and O–H groups in total. The fourth-order valence-corrected chi connectivity index (χ4v) is 3.02. The Labute approximate surface area is 126 Å². The van der Waals surface area contributed by atoms with Crippen molar-refractivity contribution < 1.29 is 14.2 Å². The van der Waals surface area contributed by atoms with Crippen molar-refractivity contribution in [3.8, 4) is 5.75 Å². The van der Waals surface area contributed by atoms with Gasteiger partial charge in [0.2, 0.25) is 0 Å². The number of hydrogen-bond acceptors (Lipinski definition) is 5. The lowest BCUT2D eigenvalue weighted by Crippen LogP contribution is -2.49. The highest BCUT2D eigenvalue weighted by molar-refractivity contribution is 5.62. The minimum absolute atomic E-state index is 0.108. The summed E-state index contributed by atoms with van der Waals surface area (Å²) in [6, 6.07) is 5.96. The Morgan fingerprint density at radius 3 is 2.76 bits per heavy atom. The minimum Gasteiger partial charge on any atom is -0.489 e. The standard InChI is InChI=1S/C16H24N2O3/c1-12(2)21-15-10-13(4-5-14(15)17)18-7-3-6-16(11-18)19-8-9-20-16/h4-5,10,12H,3,6-9,11,17H2,1-2H3. The summed E-state index contributed by atoms with van der Waals surface area (Å²) in [6.07, 6.45) is 2.13. The van der Waals surface area contributed by atoms with Gasteiger partial charge in [0, 0.05) is 24.7 Å². The molecule has 1 aromatic rings. The van der Waals surface area contributed by atoms with E-state index in [0.717, 1.165) is 37.4 Å². The molecule has 0 saturated carbocycles. The fourth-order valence-electron chi connectivity index (χ4n) is 3.02. The number of nitrogen functional groups attached to an aromatic ring is 1. The van der Waals surface area contributed by atoms with Crippen molar-refractivity contribution in [3.05, 3.63) is 18.2 Å². The van der Waals surface area contributed by atoms with Gasteiger partial charge < -0.3 is 24.8 Å². The maximum atomic E-state index is 5.99. The van der Waals surface area contributed by atoms with Crippen LogP contribution in [-0.4, -0.2) is 38.2 Å². The van der Waals surface area contributed by atoms with Crippen LogP contribution in [0.2, 0.25) is 0 Å². The van der Waals surface area contributed by atoms with E-state index >= 15 is 0 Å². The summed E-state index contributed by atoms with van der Waals surface area (Å²) in [6.45, 7) is 7.15. The number of rotatable bonds is 3. The van der Waals surface area contributed by atoms with Crippen LogP contribution in [0.15, 0.2) is 18.2 Å². The lowest BCUT2D eigenvalue weighted by Gasteiger charge is -2.40. The monoisotopic (exact) mass is 292 g/mol. The second kappa shape index (κ2) is 5.73. The molecule has 2 aliphatic heterocycles. The van der Waals surface area contributed by atoms with E-state index in [1.54, 1.807) is 0 Å². The lowest BCUT2D eigenvalue weighted by molar-refractivity contribution is -0.161. The molecule has 5 heteroatoms. The first-order valence-corrected chi connectivity index (χ1v) is 7.67. The molecule has 0 aromatic heterocycles. The van der Waals surface area contributed by atoms with Crippen LogP contribution in [0.25, 0.3) is 0 Å². The van der Waals surface area contributed by atoms with Crippen molar-refractivity contribution in [1.82, 2.24) is 0 Å². The smallest absolute Gasteiger partial charge is 0.186 e. The first kappa shape index (κ1) is 14.5. The van der Waals surface area contributed by atoms with Crippen LogP contribution in [0.1, 0.15) is 26.7 Å². The van der Waals surface area contributed by atoms with Gasteiger partial charge in [0.15, 0.2) is 5.79 Å². The van der Waals surface area contributed by atoms with Crippen LogP contribution in [0.3, 0.4) is 0 Å². The molecule has 2 fully saturated rings. The maximum absolute atomic E-state index is 5.99. The first-order valence-electron chi connectivity index (χ1n) is 7.67. The Bertz CT molecular complexity index is 498. The van der Waals surface area contributed by atoms with Gasteiger partial charge in [-0.15, -0.1) is 0 Å². The summed E-state index contributed by atoms with van der Waals surface area (Å²) < 4.78 is 17.4. The Kier molecular flexibility index (Phi) is 3.95. The Balaban J connectivity index is 1.79. The van der Waals surface area contributed by atoms with Crippen LogP contribution < -0.4 is 15.4 Å². The van der Waals surface area contributed by atoms with Gasteiger partial charge in [-0.1, -0.05) is 0 Å². The number of ether oxygens (including phenoxy) is 3. The Morgan fingerprint density at radius 1 is 1.29 bits per heavy atom. The molecule has 0 aliphatic carbocycles. The molecule has 0 radical (unpaired) electrons. The molecule has 0 unspecified atom stereocenters. The number of anilines is 2. The number of benzene rings is 1. The van der Waals surface area contributed by atoms with Crippen molar-refractivity contribution >= 4 is 11.4 Å². The van der Waals surface area contributed by atoms with Gasteiger partial charge in [0.1, 0.15) is 5.75 Å². The summed E-state index contributed by atoms with van der Waals surface area (Å²) in [5, 5.41) is 0.